The highest BCUT2D eigenvalue weighted by atomic mass is 19.4. The van der Waals surface area contributed by atoms with Gasteiger partial charge in [0.05, 0.1) is 41.4 Å². The number of rotatable bonds is 8. The SMILES string of the molecule is CC(C)(C)OC(=O)c1ccc2nc(CN3CCc4ccc(OCc5ccc(C(F)(F)F)cc5)cc4C3)n(C[C@@H]3CCO3)c2c1. The van der Waals surface area contributed by atoms with Crippen LogP contribution in [0.5, 0.6) is 5.75 Å². The Morgan fingerprint density at radius 3 is 2.48 bits per heavy atom. The summed E-state index contributed by atoms with van der Waals surface area (Å²) in [6.07, 6.45) is -2.38. The summed E-state index contributed by atoms with van der Waals surface area (Å²) in [6, 6.07) is 16.5. The van der Waals surface area contributed by atoms with Gasteiger partial charge in [-0.1, -0.05) is 18.2 Å². The first-order chi connectivity index (χ1) is 20.9. The van der Waals surface area contributed by atoms with Crippen molar-refractivity contribution < 1.29 is 32.2 Å². The topological polar surface area (TPSA) is 65.8 Å². The second-order valence-corrected chi connectivity index (χ2v) is 12.5. The van der Waals surface area contributed by atoms with Gasteiger partial charge in [-0.3, -0.25) is 4.90 Å². The fraction of sp³-hybridized carbons (Fsp3) is 0.412. The summed E-state index contributed by atoms with van der Waals surface area (Å²) in [4.78, 5) is 20.1. The number of esters is 1. The number of halogens is 3. The van der Waals surface area contributed by atoms with E-state index >= 15 is 0 Å². The summed E-state index contributed by atoms with van der Waals surface area (Å²) in [5.41, 5.74) is 4.01. The third-order valence-corrected chi connectivity index (χ3v) is 7.96. The van der Waals surface area contributed by atoms with Gasteiger partial charge in [0.15, 0.2) is 0 Å². The van der Waals surface area contributed by atoms with Crippen LogP contribution < -0.4 is 4.74 Å². The number of carbonyl (C=O) groups excluding carboxylic acids is 1. The molecule has 1 atom stereocenters. The van der Waals surface area contributed by atoms with Crippen LogP contribution in [0.15, 0.2) is 60.7 Å². The zero-order chi connectivity index (χ0) is 31.1. The van der Waals surface area contributed by atoms with Gasteiger partial charge in [0.2, 0.25) is 0 Å². The first-order valence-corrected chi connectivity index (χ1v) is 14.9. The smallest absolute Gasteiger partial charge is 0.416 e. The number of fused-ring (bicyclic) bond motifs is 2. The normalized spacial score (nSPS) is 17.3. The number of ether oxygens (including phenoxy) is 3. The molecule has 232 valence electrons. The van der Waals surface area contributed by atoms with E-state index < -0.39 is 17.3 Å². The molecule has 3 aromatic carbocycles. The van der Waals surface area contributed by atoms with E-state index in [2.05, 4.69) is 15.5 Å². The van der Waals surface area contributed by atoms with Gasteiger partial charge >= 0.3 is 12.1 Å². The number of imidazole rings is 1. The van der Waals surface area contributed by atoms with Crippen LogP contribution in [0.25, 0.3) is 11.0 Å². The summed E-state index contributed by atoms with van der Waals surface area (Å²) >= 11 is 0. The highest BCUT2D eigenvalue weighted by Gasteiger charge is 2.30. The van der Waals surface area contributed by atoms with Crippen molar-refractivity contribution in [2.75, 3.05) is 13.2 Å². The van der Waals surface area contributed by atoms with Gasteiger partial charge in [-0.2, -0.15) is 13.2 Å². The van der Waals surface area contributed by atoms with E-state index in [0.29, 0.717) is 36.5 Å². The quantitative estimate of drug-likeness (QED) is 0.202. The molecule has 0 aliphatic carbocycles. The standard InChI is InChI=1S/C34H36F3N3O4/c1-33(2,3)44-32(41)24-7-11-29-30(17-24)40(19-28-13-15-42-28)31(38-29)20-39-14-12-23-6-10-27(16-25(23)18-39)43-21-22-4-8-26(9-5-22)34(35,36)37/h4-11,16-17,28H,12-15,18-21H2,1-3H3/t28-/m0/s1. The molecule has 1 saturated heterocycles. The van der Waals surface area contributed by atoms with E-state index in [1.54, 1.807) is 6.07 Å². The zero-order valence-electron chi connectivity index (χ0n) is 25.1. The van der Waals surface area contributed by atoms with Gasteiger partial charge in [-0.15, -0.1) is 0 Å². The van der Waals surface area contributed by atoms with Crippen molar-refractivity contribution in [1.29, 1.82) is 0 Å². The van der Waals surface area contributed by atoms with Crippen LogP contribution in [0.4, 0.5) is 13.2 Å². The molecule has 2 aliphatic rings. The van der Waals surface area contributed by atoms with Gasteiger partial charge < -0.3 is 18.8 Å². The summed E-state index contributed by atoms with van der Waals surface area (Å²) in [6.45, 7) is 9.35. The zero-order valence-corrected chi connectivity index (χ0v) is 25.1. The maximum atomic E-state index is 12.9. The average molecular weight is 608 g/mol. The van der Waals surface area contributed by atoms with Crippen LogP contribution in [-0.4, -0.2) is 45.3 Å². The lowest BCUT2D eigenvalue weighted by molar-refractivity contribution is -0.137. The second kappa shape index (κ2) is 11.9. The van der Waals surface area contributed by atoms with Gasteiger partial charge in [0.25, 0.3) is 0 Å². The number of carbonyl (C=O) groups is 1. The molecule has 44 heavy (non-hydrogen) atoms. The third-order valence-electron chi connectivity index (χ3n) is 7.96. The number of aromatic nitrogens is 2. The molecule has 0 amide bonds. The van der Waals surface area contributed by atoms with Gasteiger partial charge in [0, 0.05) is 19.7 Å². The summed E-state index contributed by atoms with van der Waals surface area (Å²) in [5.74, 6) is 1.22. The minimum atomic E-state index is -4.36. The molecule has 0 spiro atoms. The molecule has 0 unspecified atom stereocenters. The van der Waals surface area contributed by atoms with E-state index in [-0.39, 0.29) is 18.7 Å². The molecule has 1 fully saturated rings. The van der Waals surface area contributed by atoms with Crippen LogP contribution in [0.3, 0.4) is 0 Å². The van der Waals surface area contributed by atoms with E-state index in [1.807, 2.05) is 45.0 Å². The molecule has 2 aliphatic heterocycles. The predicted octanol–water partition coefficient (Wildman–Crippen LogP) is 6.94. The Labute approximate surface area is 254 Å². The Balaban J connectivity index is 1.17. The van der Waals surface area contributed by atoms with Gasteiger partial charge in [-0.05, 0) is 92.8 Å². The van der Waals surface area contributed by atoms with Gasteiger partial charge in [0.1, 0.15) is 23.8 Å². The van der Waals surface area contributed by atoms with Crippen LogP contribution in [0.1, 0.15) is 65.6 Å². The van der Waals surface area contributed by atoms with Gasteiger partial charge in [-0.25, -0.2) is 9.78 Å². The largest absolute Gasteiger partial charge is 0.489 e. The predicted molar refractivity (Wildman–Crippen MR) is 159 cm³/mol. The van der Waals surface area contributed by atoms with Crippen molar-refractivity contribution in [1.82, 2.24) is 14.5 Å². The van der Waals surface area contributed by atoms with Crippen LogP contribution >= 0.6 is 0 Å². The van der Waals surface area contributed by atoms with Crippen molar-refractivity contribution in [2.24, 2.45) is 0 Å². The van der Waals surface area contributed by atoms with Crippen LogP contribution in [0.2, 0.25) is 0 Å². The van der Waals surface area contributed by atoms with Crippen LogP contribution in [-0.2, 0) is 48.3 Å². The fourth-order valence-electron chi connectivity index (χ4n) is 5.57. The average Bonchev–Trinajstić information content (AvgIpc) is 3.28. The molecule has 4 aromatic rings. The molecule has 0 saturated carbocycles. The first-order valence-electron chi connectivity index (χ1n) is 14.9. The molecule has 0 N–H and O–H groups in total. The second-order valence-electron chi connectivity index (χ2n) is 12.5. The van der Waals surface area contributed by atoms with Crippen LogP contribution in [0, 0.1) is 0 Å². The minimum Gasteiger partial charge on any atom is -0.489 e. The Morgan fingerprint density at radius 2 is 1.80 bits per heavy atom. The van der Waals surface area contributed by atoms with E-state index in [0.717, 1.165) is 60.5 Å². The van der Waals surface area contributed by atoms with E-state index in [4.69, 9.17) is 19.2 Å². The number of alkyl halides is 3. The molecular weight excluding hydrogens is 571 g/mol. The molecular formula is C34H36F3N3O4. The minimum absolute atomic E-state index is 0.114. The lowest BCUT2D eigenvalue weighted by Crippen LogP contribution is -2.34. The van der Waals surface area contributed by atoms with Crippen molar-refractivity contribution >= 4 is 17.0 Å². The lowest BCUT2D eigenvalue weighted by atomic mass is 9.99. The number of nitrogens with zero attached hydrogens (tertiary/aromatic N) is 3. The molecule has 0 radical (unpaired) electrons. The highest BCUT2D eigenvalue weighted by Crippen LogP contribution is 2.30. The van der Waals surface area contributed by atoms with Crippen molar-refractivity contribution in [3.05, 3.63) is 94.3 Å². The number of hydrogen-bond acceptors (Lipinski definition) is 6. The highest BCUT2D eigenvalue weighted by molar-refractivity contribution is 5.94. The Bertz CT molecular complexity index is 1650. The summed E-state index contributed by atoms with van der Waals surface area (Å²) in [7, 11) is 0. The number of hydrogen-bond donors (Lipinski definition) is 0. The maximum Gasteiger partial charge on any atom is 0.416 e. The van der Waals surface area contributed by atoms with Crippen molar-refractivity contribution in [3.63, 3.8) is 0 Å². The summed E-state index contributed by atoms with van der Waals surface area (Å²) in [5, 5.41) is 0. The molecule has 1 aromatic heterocycles. The lowest BCUT2D eigenvalue weighted by Gasteiger charge is -2.30. The fourth-order valence-corrected chi connectivity index (χ4v) is 5.57. The van der Waals surface area contributed by atoms with Crippen molar-refractivity contribution in [2.45, 2.75) is 77.7 Å². The Hall–Kier alpha value is -3.89. The Kier molecular flexibility index (Phi) is 8.15. The molecule has 7 nitrogen and oxygen atoms in total. The van der Waals surface area contributed by atoms with E-state index in [1.165, 1.54) is 17.7 Å². The number of benzene rings is 3. The van der Waals surface area contributed by atoms with Crippen molar-refractivity contribution in [3.8, 4) is 5.75 Å². The molecule has 0 bridgehead atoms. The molecule has 6 rings (SSSR count). The maximum absolute atomic E-state index is 12.9. The third kappa shape index (κ3) is 6.92. The first kappa shape index (κ1) is 30.1. The van der Waals surface area contributed by atoms with E-state index in [9.17, 15) is 18.0 Å². The summed E-state index contributed by atoms with van der Waals surface area (Å²) < 4.78 is 58.1. The molecule has 10 heteroatoms. The Morgan fingerprint density at radius 1 is 1.02 bits per heavy atom. The molecule has 3 heterocycles. The monoisotopic (exact) mass is 607 g/mol.